The molecule has 4 rings (SSSR count). The molecule has 34 heavy (non-hydrogen) atoms. The molecule has 0 radical (unpaired) electrons. The molecule has 0 saturated heterocycles. The number of rotatable bonds is 4. The number of methoxy groups -OCH3 is 1. The number of nitrogens with zero attached hydrogens (tertiary/aromatic N) is 1. The zero-order chi connectivity index (χ0) is 24.0. The quantitative estimate of drug-likeness (QED) is 0.245. The van der Waals surface area contributed by atoms with Crippen LogP contribution in [0.3, 0.4) is 0 Å². The van der Waals surface area contributed by atoms with Crippen molar-refractivity contribution in [2.24, 2.45) is 0 Å². The van der Waals surface area contributed by atoms with Crippen molar-refractivity contribution in [2.45, 2.75) is 93.5 Å². The summed E-state index contributed by atoms with van der Waals surface area (Å²) in [5, 5.41) is 15.4. The second-order valence-electron chi connectivity index (χ2n) is 9.35. The van der Waals surface area contributed by atoms with Crippen LogP contribution in [-0.2, 0) is 31.0 Å². The monoisotopic (exact) mass is 572 g/mol. The first kappa shape index (κ1) is 29.0. The fourth-order valence-electron chi connectivity index (χ4n) is 5.35. The molecular formula is C24H41Cl2MnN5OS. The molecule has 0 spiro atoms. The zero-order valence-electron chi connectivity index (χ0n) is 20.3. The number of hydrogen-bond acceptors (Lipinski definition) is 7. The molecule has 2 fully saturated rings. The first-order valence-corrected chi connectivity index (χ1v) is 16.9. The maximum atomic E-state index is 5.26. The standard InChI is InChI=1S/C24H41N5OS.2ClH.Mn/c1-30-12-13-31-20-14-18-16-27-23-8-4-2-6-21(23)25-10-11-26-22-7-3-5-9-24(22)28-17-19(15-20)29-18;;;/h14-15,21-28H,2-13,16-17H2,1H3;2*1H;/q;;;+2/p-2/t21-,22-,23-,24-;;;/m1.../s1. The number of hydrogen-bond donors (Lipinski definition) is 4. The first-order valence-electron chi connectivity index (χ1n) is 12.7. The molecule has 1 aromatic rings. The predicted molar refractivity (Wildman–Crippen MR) is 140 cm³/mol. The SMILES string of the molecule is COCCSc1cc2nc(c1)CN[C@@H]1CCCC[C@H]1NCCN[C@@H]1CCCC[C@H]1NC2.[Cl][Mn][Cl]. The van der Waals surface area contributed by atoms with Gasteiger partial charge >= 0.3 is 33.3 Å². The van der Waals surface area contributed by atoms with E-state index in [9.17, 15) is 0 Å². The van der Waals surface area contributed by atoms with E-state index in [0.29, 0.717) is 24.2 Å². The van der Waals surface area contributed by atoms with Crippen molar-refractivity contribution >= 4 is 32.0 Å². The van der Waals surface area contributed by atoms with Gasteiger partial charge in [0.2, 0.25) is 0 Å². The number of ether oxygens (including phenoxy) is 1. The first-order chi connectivity index (χ1) is 16.7. The van der Waals surface area contributed by atoms with Crippen LogP contribution >= 0.6 is 32.0 Å². The average molecular weight is 574 g/mol. The van der Waals surface area contributed by atoms with E-state index in [4.69, 9.17) is 29.9 Å². The Morgan fingerprint density at radius 1 is 0.853 bits per heavy atom. The second kappa shape index (κ2) is 17.0. The number of thioether (sulfide) groups is 1. The van der Waals surface area contributed by atoms with E-state index in [1.165, 1.54) is 56.3 Å². The van der Waals surface area contributed by atoms with E-state index in [1.807, 2.05) is 11.8 Å². The van der Waals surface area contributed by atoms with E-state index in [2.05, 4.69) is 33.4 Å². The number of fused-ring (bicyclic) bond motifs is 4. The fourth-order valence-corrected chi connectivity index (χ4v) is 6.28. The van der Waals surface area contributed by atoms with Gasteiger partial charge in [0, 0.05) is 68.1 Å². The van der Waals surface area contributed by atoms with Gasteiger partial charge in [0.1, 0.15) is 0 Å². The maximum absolute atomic E-state index is 5.26. The van der Waals surface area contributed by atoms with Crippen molar-refractivity contribution in [3.8, 4) is 0 Å². The molecule has 1 aromatic heterocycles. The Morgan fingerprint density at radius 2 is 1.29 bits per heavy atom. The predicted octanol–water partition coefficient (Wildman–Crippen LogP) is 4.19. The van der Waals surface area contributed by atoms with Gasteiger partial charge in [-0.15, -0.1) is 11.8 Å². The Bertz CT molecular complexity index is 659. The summed E-state index contributed by atoms with van der Waals surface area (Å²) in [6.07, 6.45) is 10.4. The normalized spacial score (nSPS) is 28.3. The molecule has 2 saturated carbocycles. The van der Waals surface area contributed by atoms with Gasteiger partial charge in [0.05, 0.1) is 18.0 Å². The van der Waals surface area contributed by atoms with Crippen LogP contribution in [0.2, 0.25) is 0 Å². The zero-order valence-corrected chi connectivity index (χ0v) is 23.8. The molecule has 2 bridgehead atoms. The molecule has 6 nitrogen and oxygen atoms in total. The van der Waals surface area contributed by atoms with E-state index in [0.717, 1.165) is 49.9 Å². The van der Waals surface area contributed by atoms with Crippen LogP contribution in [0.4, 0.5) is 0 Å². The molecule has 4 N–H and O–H groups in total. The summed E-state index contributed by atoms with van der Waals surface area (Å²) in [5.41, 5.74) is 2.33. The summed E-state index contributed by atoms with van der Waals surface area (Å²) in [6.45, 7) is 4.58. The van der Waals surface area contributed by atoms with Crippen LogP contribution in [-0.4, -0.2) is 61.7 Å². The summed E-state index contributed by atoms with van der Waals surface area (Å²) in [4.78, 5) is 6.34. The van der Waals surface area contributed by atoms with E-state index >= 15 is 0 Å². The summed E-state index contributed by atoms with van der Waals surface area (Å²) >= 11 is 1.88. The molecule has 3 aliphatic rings. The van der Waals surface area contributed by atoms with Crippen LogP contribution < -0.4 is 21.3 Å². The van der Waals surface area contributed by atoms with Gasteiger partial charge in [-0.3, -0.25) is 4.98 Å². The summed E-state index contributed by atoms with van der Waals surface area (Å²) in [6, 6.07) is 6.75. The third-order valence-corrected chi connectivity index (χ3v) is 7.96. The second-order valence-corrected chi connectivity index (χ2v) is 12.5. The number of nitrogens with one attached hydrogen (secondary N) is 4. The summed E-state index contributed by atoms with van der Waals surface area (Å²) < 4.78 is 5.26. The minimum atomic E-state index is 0.00694. The fraction of sp³-hybridized carbons (Fsp3) is 0.792. The van der Waals surface area contributed by atoms with Gasteiger partial charge in [0.25, 0.3) is 0 Å². The van der Waals surface area contributed by atoms with Crippen molar-refractivity contribution in [2.75, 3.05) is 32.6 Å². The van der Waals surface area contributed by atoms with Crippen LogP contribution in [0.5, 0.6) is 0 Å². The molecule has 1 aliphatic heterocycles. The molecule has 0 aromatic carbocycles. The molecule has 195 valence electrons. The topological polar surface area (TPSA) is 70.2 Å². The van der Waals surface area contributed by atoms with Crippen molar-refractivity contribution in [3.63, 3.8) is 0 Å². The van der Waals surface area contributed by atoms with E-state index in [-0.39, 0.29) is 13.1 Å². The minimum absolute atomic E-state index is 0.00694. The Labute approximate surface area is 224 Å². The molecule has 2 heterocycles. The molecular weight excluding hydrogens is 532 g/mol. The van der Waals surface area contributed by atoms with Crippen molar-refractivity contribution in [1.29, 1.82) is 0 Å². The van der Waals surface area contributed by atoms with Gasteiger partial charge in [-0.2, -0.15) is 0 Å². The van der Waals surface area contributed by atoms with Gasteiger partial charge in [0.15, 0.2) is 0 Å². The summed E-state index contributed by atoms with van der Waals surface area (Å²) in [7, 11) is 11.4. The Kier molecular flexibility index (Phi) is 14.5. The molecule has 0 unspecified atom stereocenters. The van der Waals surface area contributed by atoms with Crippen LogP contribution in [0.1, 0.15) is 62.8 Å². The molecule has 2 aliphatic carbocycles. The van der Waals surface area contributed by atoms with E-state index in [1.54, 1.807) is 7.11 Å². The average Bonchev–Trinajstić information content (AvgIpc) is 2.86. The third kappa shape index (κ3) is 10.0. The Morgan fingerprint density at radius 3 is 1.74 bits per heavy atom. The van der Waals surface area contributed by atoms with Gasteiger partial charge in [-0.1, -0.05) is 25.7 Å². The van der Waals surface area contributed by atoms with Gasteiger partial charge in [-0.05, 0) is 37.8 Å². The molecule has 0 amide bonds. The van der Waals surface area contributed by atoms with Crippen LogP contribution in [0, 0.1) is 0 Å². The third-order valence-electron chi connectivity index (χ3n) is 7.02. The van der Waals surface area contributed by atoms with Crippen LogP contribution in [0.15, 0.2) is 17.0 Å². The van der Waals surface area contributed by atoms with Crippen molar-refractivity contribution in [3.05, 3.63) is 23.5 Å². The van der Waals surface area contributed by atoms with E-state index < -0.39 is 0 Å². The number of halogens is 2. The van der Waals surface area contributed by atoms with Gasteiger partial charge < -0.3 is 26.0 Å². The van der Waals surface area contributed by atoms with Crippen LogP contribution in [0.25, 0.3) is 0 Å². The molecule has 10 heteroatoms. The van der Waals surface area contributed by atoms with Crippen molar-refractivity contribution < 1.29 is 17.9 Å². The van der Waals surface area contributed by atoms with Crippen molar-refractivity contribution in [1.82, 2.24) is 26.3 Å². The Balaban J connectivity index is 0.00000103. The van der Waals surface area contributed by atoms with Gasteiger partial charge in [-0.25, -0.2) is 0 Å². The molecule has 4 atom stereocenters. The number of pyridine rings is 1. The number of aromatic nitrogens is 1. The Hall–Kier alpha value is 0.399. The summed E-state index contributed by atoms with van der Waals surface area (Å²) in [5.74, 6) is 0.976.